The molecule has 0 N–H and O–H groups in total. The Morgan fingerprint density at radius 3 is 1.80 bits per heavy atom. The molecule has 0 heterocycles. The van der Waals surface area contributed by atoms with Crippen molar-refractivity contribution >= 4 is 0 Å². The third kappa shape index (κ3) is 2.58. The third-order valence-electron chi connectivity index (χ3n) is 1.35. The van der Waals surface area contributed by atoms with E-state index in [1.54, 1.807) is 0 Å². The SMILES string of the molecule is C[C-](C)c1ccccc1.[Pt]. The molecule has 0 amide bonds. The number of hydrogen-bond acceptors (Lipinski definition) is 0. The number of hydrogen-bond donors (Lipinski definition) is 0. The molecule has 1 heteroatoms. The molecule has 0 aliphatic carbocycles. The summed E-state index contributed by atoms with van der Waals surface area (Å²) in [4.78, 5) is 0. The summed E-state index contributed by atoms with van der Waals surface area (Å²) in [5.41, 5.74) is 1.33. The van der Waals surface area contributed by atoms with Crippen molar-refractivity contribution in [2.45, 2.75) is 13.8 Å². The smallest absolute Gasteiger partial charge is 0 e. The van der Waals surface area contributed by atoms with Gasteiger partial charge < -0.3 is 0 Å². The summed E-state index contributed by atoms with van der Waals surface area (Å²) in [6.07, 6.45) is 0. The largest absolute Gasteiger partial charge is 0.189 e. The minimum Gasteiger partial charge on any atom is -0.189 e. The zero-order valence-electron chi connectivity index (χ0n) is 6.20. The molecule has 0 bridgehead atoms. The predicted octanol–water partition coefficient (Wildman–Crippen LogP) is 2.65. The second-order valence-electron chi connectivity index (χ2n) is 2.37. The third-order valence-corrected chi connectivity index (χ3v) is 1.35. The van der Waals surface area contributed by atoms with Crippen LogP contribution in [0.25, 0.3) is 0 Å². The first-order valence-electron chi connectivity index (χ1n) is 3.16. The van der Waals surface area contributed by atoms with Crippen LogP contribution in [0.5, 0.6) is 0 Å². The van der Waals surface area contributed by atoms with Crippen molar-refractivity contribution in [3.63, 3.8) is 0 Å². The average Bonchev–Trinajstić information content (AvgIpc) is 1.90. The van der Waals surface area contributed by atoms with E-state index in [0.717, 1.165) is 0 Å². The van der Waals surface area contributed by atoms with Crippen LogP contribution in [0.15, 0.2) is 30.3 Å². The van der Waals surface area contributed by atoms with Gasteiger partial charge in [-0.05, 0) is 0 Å². The molecular formula is C9H11Pt-. The van der Waals surface area contributed by atoms with Gasteiger partial charge >= 0.3 is 0 Å². The Morgan fingerprint density at radius 1 is 1.00 bits per heavy atom. The van der Waals surface area contributed by atoms with Crippen molar-refractivity contribution in [3.05, 3.63) is 41.8 Å². The molecule has 0 aliphatic rings. The molecule has 0 saturated heterocycles. The van der Waals surface area contributed by atoms with Gasteiger partial charge in [0.15, 0.2) is 0 Å². The Labute approximate surface area is 76.9 Å². The maximum Gasteiger partial charge on any atom is 0 e. The zero-order valence-corrected chi connectivity index (χ0v) is 8.48. The van der Waals surface area contributed by atoms with Crippen molar-refractivity contribution in [3.8, 4) is 0 Å². The van der Waals surface area contributed by atoms with Gasteiger partial charge in [-0.15, -0.1) is 12.1 Å². The molecule has 1 aromatic carbocycles. The van der Waals surface area contributed by atoms with Gasteiger partial charge in [-0.3, -0.25) is 0 Å². The van der Waals surface area contributed by atoms with E-state index in [9.17, 15) is 0 Å². The summed E-state index contributed by atoms with van der Waals surface area (Å²) in [6, 6.07) is 10.4. The summed E-state index contributed by atoms with van der Waals surface area (Å²) in [7, 11) is 0. The van der Waals surface area contributed by atoms with Crippen LogP contribution >= 0.6 is 0 Å². The normalized spacial score (nSPS) is 8.20. The van der Waals surface area contributed by atoms with Crippen molar-refractivity contribution in [1.82, 2.24) is 0 Å². The van der Waals surface area contributed by atoms with Gasteiger partial charge in [0.1, 0.15) is 0 Å². The van der Waals surface area contributed by atoms with Crippen molar-refractivity contribution in [2.24, 2.45) is 0 Å². The Morgan fingerprint density at radius 2 is 1.50 bits per heavy atom. The van der Waals surface area contributed by atoms with Gasteiger partial charge in [0.2, 0.25) is 0 Å². The fraction of sp³-hybridized carbons (Fsp3) is 0.222. The molecular weight excluding hydrogens is 303 g/mol. The minimum absolute atomic E-state index is 0. The molecule has 0 atom stereocenters. The van der Waals surface area contributed by atoms with Gasteiger partial charge in [-0.1, -0.05) is 19.9 Å². The monoisotopic (exact) mass is 314 g/mol. The predicted molar refractivity (Wildman–Crippen MR) is 40.1 cm³/mol. The van der Waals surface area contributed by atoms with E-state index in [1.807, 2.05) is 6.07 Å². The molecule has 1 rings (SSSR count). The molecule has 0 unspecified atom stereocenters. The van der Waals surface area contributed by atoms with Crippen LogP contribution in [-0.4, -0.2) is 0 Å². The van der Waals surface area contributed by atoms with Crippen LogP contribution in [0.4, 0.5) is 0 Å². The zero-order chi connectivity index (χ0) is 6.69. The van der Waals surface area contributed by atoms with Crippen LogP contribution in [0, 0.1) is 5.92 Å². The quantitative estimate of drug-likeness (QED) is 0.699. The average molecular weight is 314 g/mol. The van der Waals surface area contributed by atoms with E-state index in [-0.39, 0.29) is 21.1 Å². The Bertz CT molecular complexity index is 167. The van der Waals surface area contributed by atoms with E-state index < -0.39 is 0 Å². The van der Waals surface area contributed by atoms with E-state index >= 15 is 0 Å². The van der Waals surface area contributed by atoms with Gasteiger partial charge in [-0.25, -0.2) is 0 Å². The van der Waals surface area contributed by atoms with Crippen molar-refractivity contribution < 1.29 is 21.1 Å². The molecule has 0 spiro atoms. The van der Waals surface area contributed by atoms with Crippen molar-refractivity contribution in [1.29, 1.82) is 0 Å². The van der Waals surface area contributed by atoms with E-state index in [4.69, 9.17) is 0 Å². The first-order valence-corrected chi connectivity index (χ1v) is 3.16. The Balaban J connectivity index is 0.000000810. The summed E-state index contributed by atoms with van der Waals surface area (Å²) in [5, 5.41) is 0. The number of rotatable bonds is 1. The molecule has 10 heavy (non-hydrogen) atoms. The van der Waals surface area contributed by atoms with E-state index in [2.05, 4.69) is 38.1 Å². The molecule has 0 aromatic heterocycles. The molecule has 0 radical (unpaired) electrons. The fourth-order valence-electron chi connectivity index (χ4n) is 0.771. The second-order valence-corrected chi connectivity index (χ2v) is 2.37. The van der Waals surface area contributed by atoms with Crippen LogP contribution in [-0.2, 0) is 21.1 Å². The molecule has 0 nitrogen and oxygen atoms in total. The first-order chi connectivity index (χ1) is 4.30. The first kappa shape index (κ1) is 9.78. The van der Waals surface area contributed by atoms with Crippen LogP contribution in [0.3, 0.4) is 0 Å². The van der Waals surface area contributed by atoms with Crippen LogP contribution < -0.4 is 0 Å². The molecule has 0 fully saturated rings. The van der Waals surface area contributed by atoms with Gasteiger partial charge in [0.25, 0.3) is 0 Å². The molecule has 58 valence electrons. The van der Waals surface area contributed by atoms with Crippen molar-refractivity contribution in [2.75, 3.05) is 0 Å². The molecule has 0 saturated carbocycles. The number of benzene rings is 1. The topological polar surface area (TPSA) is 0 Å². The van der Waals surface area contributed by atoms with Gasteiger partial charge in [0.05, 0.1) is 0 Å². The summed E-state index contributed by atoms with van der Waals surface area (Å²) in [5.74, 6) is 1.37. The Kier molecular flexibility index (Phi) is 4.47. The summed E-state index contributed by atoms with van der Waals surface area (Å²) < 4.78 is 0. The van der Waals surface area contributed by atoms with Gasteiger partial charge in [0, 0.05) is 21.1 Å². The summed E-state index contributed by atoms with van der Waals surface area (Å²) >= 11 is 0. The summed E-state index contributed by atoms with van der Waals surface area (Å²) in [6.45, 7) is 4.24. The minimum atomic E-state index is 0. The van der Waals surface area contributed by atoms with Crippen LogP contribution in [0.2, 0.25) is 0 Å². The van der Waals surface area contributed by atoms with Gasteiger partial charge in [-0.2, -0.15) is 23.6 Å². The second kappa shape index (κ2) is 4.57. The standard InChI is InChI=1S/C9H11.Pt/c1-8(2)9-6-4-3-5-7-9;/h3-7H,1-2H3;/q-1;. The van der Waals surface area contributed by atoms with E-state index in [1.165, 1.54) is 11.5 Å². The Hall–Kier alpha value is -0.222. The van der Waals surface area contributed by atoms with Crippen LogP contribution in [0.1, 0.15) is 19.4 Å². The maximum atomic E-state index is 2.12. The van der Waals surface area contributed by atoms with E-state index in [0.29, 0.717) is 0 Å². The molecule has 1 aromatic rings. The maximum absolute atomic E-state index is 2.12. The fourth-order valence-corrected chi connectivity index (χ4v) is 0.771. The molecule has 0 aliphatic heterocycles.